The fourth-order valence-electron chi connectivity index (χ4n) is 1.83. The monoisotopic (exact) mass is 217 g/mol. The lowest BCUT2D eigenvalue weighted by Gasteiger charge is -2.23. The van der Waals surface area contributed by atoms with Crippen LogP contribution >= 0.6 is 0 Å². The second-order valence-corrected chi connectivity index (χ2v) is 3.90. The van der Waals surface area contributed by atoms with Gasteiger partial charge >= 0.3 is 0 Å². The van der Waals surface area contributed by atoms with E-state index in [0.29, 0.717) is 12.3 Å². The van der Waals surface area contributed by atoms with Crippen LogP contribution in [0, 0.1) is 11.3 Å². The second-order valence-electron chi connectivity index (χ2n) is 3.90. The van der Waals surface area contributed by atoms with Crippen LogP contribution in [0.5, 0.6) is 0 Å². The van der Waals surface area contributed by atoms with Crippen LogP contribution in [-0.2, 0) is 11.3 Å². The smallest absolute Gasteiger partial charge is 0.145 e. The Morgan fingerprint density at radius 3 is 3.31 bits per heavy atom. The Balaban J connectivity index is 1.91. The van der Waals surface area contributed by atoms with E-state index in [2.05, 4.69) is 16.4 Å². The maximum atomic E-state index is 8.87. The van der Waals surface area contributed by atoms with Crippen molar-refractivity contribution in [1.82, 2.24) is 10.3 Å². The van der Waals surface area contributed by atoms with Gasteiger partial charge in [-0.1, -0.05) is 6.07 Å². The van der Waals surface area contributed by atoms with Crippen molar-refractivity contribution in [2.45, 2.75) is 25.6 Å². The number of aromatic nitrogens is 1. The average molecular weight is 217 g/mol. The zero-order valence-electron chi connectivity index (χ0n) is 9.15. The SMILES string of the molecule is N#Cc1ncccc1COC1CCCNC1. The number of nitrogens with one attached hydrogen (secondary N) is 1. The Morgan fingerprint density at radius 2 is 2.56 bits per heavy atom. The molecule has 1 aromatic rings. The minimum absolute atomic E-state index is 0.264. The van der Waals surface area contributed by atoms with Gasteiger partial charge in [0, 0.05) is 18.3 Å². The van der Waals surface area contributed by atoms with Crippen molar-refractivity contribution >= 4 is 0 Å². The van der Waals surface area contributed by atoms with Crippen molar-refractivity contribution in [3.05, 3.63) is 29.6 Å². The van der Waals surface area contributed by atoms with Crippen LogP contribution in [-0.4, -0.2) is 24.2 Å². The molecular weight excluding hydrogens is 202 g/mol. The number of rotatable bonds is 3. The van der Waals surface area contributed by atoms with Crippen LogP contribution in [0.4, 0.5) is 0 Å². The summed E-state index contributed by atoms with van der Waals surface area (Å²) in [5, 5.41) is 12.2. The highest BCUT2D eigenvalue weighted by Gasteiger charge is 2.13. The summed E-state index contributed by atoms with van der Waals surface area (Å²) in [7, 11) is 0. The van der Waals surface area contributed by atoms with Gasteiger partial charge in [0.05, 0.1) is 12.7 Å². The van der Waals surface area contributed by atoms with Gasteiger partial charge in [-0.2, -0.15) is 5.26 Å². The molecule has 1 atom stereocenters. The number of hydrogen-bond acceptors (Lipinski definition) is 4. The third kappa shape index (κ3) is 2.78. The zero-order valence-corrected chi connectivity index (χ0v) is 9.15. The average Bonchev–Trinajstić information content (AvgIpc) is 2.38. The van der Waals surface area contributed by atoms with Crippen LogP contribution in [0.2, 0.25) is 0 Å². The Kier molecular flexibility index (Phi) is 3.86. The first kappa shape index (κ1) is 11.1. The van der Waals surface area contributed by atoms with E-state index >= 15 is 0 Å². The molecule has 1 unspecified atom stereocenters. The highest BCUT2D eigenvalue weighted by Crippen LogP contribution is 2.11. The first-order chi connectivity index (χ1) is 7.90. The summed E-state index contributed by atoms with van der Waals surface area (Å²) >= 11 is 0. The van der Waals surface area contributed by atoms with E-state index in [1.807, 2.05) is 12.1 Å². The van der Waals surface area contributed by atoms with Crippen molar-refractivity contribution < 1.29 is 4.74 Å². The number of nitriles is 1. The Labute approximate surface area is 95.3 Å². The fourth-order valence-corrected chi connectivity index (χ4v) is 1.83. The summed E-state index contributed by atoms with van der Waals surface area (Å²) in [6.45, 7) is 2.46. The summed E-state index contributed by atoms with van der Waals surface area (Å²) in [5.74, 6) is 0. The van der Waals surface area contributed by atoms with E-state index in [0.717, 1.165) is 31.5 Å². The topological polar surface area (TPSA) is 57.9 Å². The molecule has 1 aliphatic rings. The molecule has 1 aliphatic heterocycles. The molecule has 1 aromatic heterocycles. The number of nitrogens with zero attached hydrogens (tertiary/aromatic N) is 2. The fraction of sp³-hybridized carbons (Fsp3) is 0.500. The Bertz CT molecular complexity index is 380. The summed E-state index contributed by atoms with van der Waals surface area (Å²) in [6, 6.07) is 5.80. The summed E-state index contributed by atoms with van der Waals surface area (Å²) < 4.78 is 5.76. The molecule has 4 nitrogen and oxygen atoms in total. The molecule has 0 radical (unpaired) electrons. The predicted molar refractivity (Wildman–Crippen MR) is 59.6 cm³/mol. The predicted octanol–water partition coefficient (Wildman–Crippen LogP) is 1.22. The number of ether oxygens (including phenoxy) is 1. The Hall–Kier alpha value is -1.44. The first-order valence-electron chi connectivity index (χ1n) is 5.56. The van der Waals surface area contributed by atoms with Crippen molar-refractivity contribution in [2.75, 3.05) is 13.1 Å². The number of piperidine rings is 1. The van der Waals surface area contributed by atoms with Gasteiger partial charge in [0.25, 0.3) is 0 Å². The number of hydrogen-bond donors (Lipinski definition) is 1. The van der Waals surface area contributed by atoms with E-state index in [4.69, 9.17) is 10.00 Å². The van der Waals surface area contributed by atoms with Gasteiger partial charge < -0.3 is 10.1 Å². The summed E-state index contributed by atoms with van der Waals surface area (Å²) in [4.78, 5) is 4.00. The molecule has 0 spiro atoms. The molecule has 2 rings (SSSR count). The first-order valence-corrected chi connectivity index (χ1v) is 5.56. The normalized spacial score (nSPS) is 20.3. The van der Waals surface area contributed by atoms with Gasteiger partial charge in [0.2, 0.25) is 0 Å². The minimum Gasteiger partial charge on any atom is -0.372 e. The van der Waals surface area contributed by atoms with Crippen LogP contribution in [0.15, 0.2) is 18.3 Å². The van der Waals surface area contributed by atoms with Gasteiger partial charge in [-0.3, -0.25) is 0 Å². The molecule has 84 valence electrons. The molecule has 0 bridgehead atoms. The van der Waals surface area contributed by atoms with Crippen LogP contribution in [0.3, 0.4) is 0 Å². The van der Waals surface area contributed by atoms with Crippen molar-refractivity contribution in [1.29, 1.82) is 5.26 Å². The van der Waals surface area contributed by atoms with E-state index in [1.54, 1.807) is 6.20 Å². The van der Waals surface area contributed by atoms with Crippen molar-refractivity contribution in [3.8, 4) is 6.07 Å². The van der Waals surface area contributed by atoms with E-state index < -0.39 is 0 Å². The third-order valence-corrected chi connectivity index (χ3v) is 2.72. The van der Waals surface area contributed by atoms with Gasteiger partial charge in [-0.15, -0.1) is 0 Å². The minimum atomic E-state index is 0.264. The summed E-state index contributed by atoms with van der Waals surface area (Å²) in [5.41, 5.74) is 1.34. The summed E-state index contributed by atoms with van der Waals surface area (Å²) in [6.07, 6.45) is 4.14. The second kappa shape index (κ2) is 5.59. The van der Waals surface area contributed by atoms with Crippen LogP contribution < -0.4 is 5.32 Å². The molecule has 0 aromatic carbocycles. The van der Waals surface area contributed by atoms with Crippen molar-refractivity contribution in [2.24, 2.45) is 0 Å². The standard InChI is InChI=1S/C12H15N3O/c13-7-12-10(3-1-6-15-12)9-16-11-4-2-5-14-8-11/h1,3,6,11,14H,2,4-5,8-9H2. The van der Waals surface area contributed by atoms with E-state index in [1.165, 1.54) is 0 Å². The highest BCUT2D eigenvalue weighted by molar-refractivity contribution is 5.29. The van der Waals surface area contributed by atoms with Gasteiger partial charge in [-0.25, -0.2) is 4.98 Å². The lowest BCUT2D eigenvalue weighted by Crippen LogP contribution is -2.35. The molecule has 1 saturated heterocycles. The molecule has 1 N–H and O–H groups in total. The third-order valence-electron chi connectivity index (χ3n) is 2.72. The van der Waals surface area contributed by atoms with Gasteiger partial charge in [-0.05, 0) is 25.5 Å². The molecule has 16 heavy (non-hydrogen) atoms. The van der Waals surface area contributed by atoms with E-state index in [-0.39, 0.29) is 6.10 Å². The highest BCUT2D eigenvalue weighted by atomic mass is 16.5. The molecular formula is C12H15N3O. The van der Waals surface area contributed by atoms with Crippen molar-refractivity contribution in [3.63, 3.8) is 0 Å². The Morgan fingerprint density at radius 1 is 1.62 bits per heavy atom. The van der Waals surface area contributed by atoms with Gasteiger partial charge in [0.1, 0.15) is 11.8 Å². The molecule has 2 heterocycles. The van der Waals surface area contributed by atoms with Crippen LogP contribution in [0.25, 0.3) is 0 Å². The van der Waals surface area contributed by atoms with Gasteiger partial charge in [0.15, 0.2) is 0 Å². The quantitative estimate of drug-likeness (QED) is 0.827. The lowest BCUT2D eigenvalue weighted by molar-refractivity contribution is 0.0250. The largest absolute Gasteiger partial charge is 0.372 e. The molecule has 0 saturated carbocycles. The molecule has 1 fully saturated rings. The molecule has 4 heteroatoms. The lowest BCUT2D eigenvalue weighted by atomic mass is 10.1. The van der Waals surface area contributed by atoms with E-state index in [9.17, 15) is 0 Å². The zero-order chi connectivity index (χ0) is 11.2. The molecule has 0 aliphatic carbocycles. The maximum Gasteiger partial charge on any atom is 0.145 e. The maximum absolute atomic E-state index is 8.87. The van der Waals surface area contributed by atoms with Crippen LogP contribution in [0.1, 0.15) is 24.1 Å². The molecule has 0 amide bonds. The number of pyridine rings is 1.